The van der Waals surface area contributed by atoms with Crippen molar-refractivity contribution in [3.05, 3.63) is 52.1 Å². The first-order valence-corrected chi connectivity index (χ1v) is 7.58. The van der Waals surface area contributed by atoms with Gasteiger partial charge in [-0.15, -0.1) is 0 Å². The normalized spacial score (nSPS) is 10.0. The Morgan fingerprint density at radius 2 is 1.76 bits per heavy atom. The Hall–Kier alpha value is -1.76. The third kappa shape index (κ3) is 4.93. The van der Waals surface area contributed by atoms with Crippen LogP contribution in [-0.4, -0.2) is 19.6 Å². The Kier molecular flexibility index (Phi) is 5.86. The van der Waals surface area contributed by atoms with Gasteiger partial charge in [0.15, 0.2) is 11.5 Å². The molecule has 1 amide bonds. The van der Waals surface area contributed by atoms with Crippen LogP contribution in [0.1, 0.15) is 6.42 Å². The quantitative estimate of drug-likeness (QED) is 0.757. The van der Waals surface area contributed by atoms with Gasteiger partial charge >= 0.3 is 0 Å². The van der Waals surface area contributed by atoms with Gasteiger partial charge in [-0.1, -0.05) is 12.1 Å². The van der Waals surface area contributed by atoms with E-state index in [9.17, 15) is 4.79 Å². The van der Waals surface area contributed by atoms with E-state index in [-0.39, 0.29) is 12.3 Å². The molecule has 2 aromatic carbocycles. The van der Waals surface area contributed by atoms with Crippen molar-refractivity contribution < 1.29 is 14.3 Å². The number of hydrogen-bond acceptors (Lipinski definition) is 3. The van der Waals surface area contributed by atoms with Crippen molar-refractivity contribution in [1.29, 1.82) is 0 Å². The lowest BCUT2D eigenvalue weighted by molar-refractivity contribution is -0.116. The minimum atomic E-state index is -0.0777. The molecule has 5 heteroatoms. The monoisotopic (exact) mass is 397 g/mol. The first-order chi connectivity index (χ1) is 10.2. The lowest BCUT2D eigenvalue weighted by Gasteiger charge is -2.10. The predicted molar refractivity (Wildman–Crippen MR) is 90.9 cm³/mol. The van der Waals surface area contributed by atoms with Gasteiger partial charge in [0, 0.05) is 9.26 Å². The summed E-state index contributed by atoms with van der Waals surface area (Å²) in [6.07, 6.45) is 0.282. The lowest BCUT2D eigenvalue weighted by Crippen LogP contribution is -2.15. The van der Waals surface area contributed by atoms with Gasteiger partial charge in [-0.3, -0.25) is 4.79 Å². The van der Waals surface area contributed by atoms with Gasteiger partial charge in [0.2, 0.25) is 5.91 Å². The van der Waals surface area contributed by atoms with E-state index in [4.69, 9.17) is 9.47 Å². The molecule has 0 unspecified atom stereocenters. The lowest BCUT2D eigenvalue weighted by atomic mass is 10.3. The Morgan fingerprint density at radius 3 is 2.43 bits per heavy atom. The summed E-state index contributed by atoms with van der Waals surface area (Å²) in [5.41, 5.74) is 0.790. The van der Waals surface area contributed by atoms with Crippen LogP contribution in [0.25, 0.3) is 0 Å². The van der Waals surface area contributed by atoms with E-state index in [1.54, 1.807) is 7.11 Å². The number of hydrogen-bond donors (Lipinski definition) is 1. The largest absolute Gasteiger partial charge is 0.493 e. The van der Waals surface area contributed by atoms with Gasteiger partial charge < -0.3 is 14.8 Å². The molecular weight excluding hydrogens is 381 g/mol. The van der Waals surface area contributed by atoms with E-state index >= 15 is 0 Å². The number of carbonyl (C=O) groups is 1. The summed E-state index contributed by atoms with van der Waals surface area (Å²) in [7, 11) is 1.59. The Labute approximate surface area is 137 Å². The number of halogens is 1. The molecule has 0 aromatic heterocycles. The van der Waals surface area contributed by atoms with Crippen molar-refractivity contribution in [3.63, 3.8) is 0 Å². The molecule has 0 heterocycles. The van der Waals surface area contributed by atoms with Crippen molar-refractivity contribution in [1.82, 2.24) is 0 Å². The molecule has 0 saturated carbocycles. The average Bonchev–Trinajstić information content (AvgIpc) is 2.50. The smallest absolute Gasteiger partial charge is 0.227 e. The summed E-state index contributed by atoms with van der Waals surface area (Å²) in [6, 6.07) is 15.0. The molecular formula is C16H16INO3. The molecule has 0 atom stereocenters. The number of amides is 1. The van der Waals surface area contributed by atoms with E-state index in [0.717, 1.165) is 9.26 Å². The first kappa shape index (κ1) is 15.6. The molecule has 21 heavy (non-hydrogen) atoms. The third-order valence-electron chi connectivity index (χ3n) is 2.78. The molecule has 0 aliphatic carbocycles. The molecule has 110 valence electrons. The highest BCUT2D eigenvalue weighted by Gasteiger charge is 2.05. The maximum Gasteiger partial charge on any atom is 0.227 e. The molecule has 0 radical (unpaired) electrons. The fourth-order valence-corrected chi connectivity index (χ4v) is 2.11. The van der Waals surface area contributed by atoms with E-state index in [0.29, 0.717) is 18.1 Å². The standard InChI is InChI=1S/C16H16INO3/c1-20-14-4-2-3-5-15(14)21-11-10-16(19)18-13-8-6-12(17)7-9-13/h2-9H,10-11H2,1H3,(H,18,19). The van der Waals surface area contributed by atoms with E-state index in [2.05, 4.69) is 27.9 Å². The average molecular weight is 397 g/mol. The highest BCUT2D eigenvalue weighted by molar-refractivity contribution is 14.1. The van der Waals surface area contributed by atoms with E-state index in [1.807, 2.05) is 48.5 Å². The number of para-hydroxylation sites is 2. The molecule has 0 saturated heterocycles. The number of benzene rings is 2. The van der Waals surface area contributed by atoms with Crippen molar-refractivity contribution >= 4 is 34.2 Å². The molecule has 0 bridgehead atoms. The Balaban J connectivity index is 1.80. The van der Waals surface area contributed by atoms with Crippen molar-refractivity contribution in [2.45, 2.75) is 6.42 Å². The summed E-state index contributed by atoms with van der Waals surface area (Å²) < 4.78 is 11.9. The Bertz CT molecular complexity index is 599. The second kappa shape index (κ2) is 7.87. The number of carbonyl (C=O) groups excluding carboxylic acids is 1. The maximum absolute atomic E-state index is 11.8. The zero-order chi connectivity index (χ0) is 15.1. The minimum absolute atomic E-state index is 0.0777. The van der Waals surface area contributed by atoms with Gasteiger partial charge in [0.1, 0.15) is 0 Å². The number of methoxy groups -OCH3 is 1. The summed E-state index contributed by atoms with van der Waals surface area (Å²) in [6.45, 7) is 0.302. The van der Waals surface area contributed by atoms with Crippen LogP contribution >= 0.6 is 22.6 Å². The third-order valence-corrected chi connectivity index (χ3v) is 3.50. The summed E-state index contributed by atoms with van der Waals surface area (Å²) >= 11 is 2.22. The SMILES string of the molecule is COc1ccccc1OCCC(=O)Nc1ccc(I)cc1. The zero-order valence-corrected chi connectivity index (χ0v) is 13.8. The van der Waals surface area contributed by atoms with E-state index in [1.165, 1.54) is 0 Å². The number of anilines is 1. The fourth-order valence-electron chi connectivity index (χ4n) is 1.75. The maximum atomic E-state index is 11.8. The van der Waals surface area contributed by atoms with Crippen molar-refractivity contribution in [3.8, 4) is 11.5 Å². The van der Waals surface area contributed by atoms with Crippen LogP contribution in [0.3, 0.4) is 0 Å². The minimum Gasteiger partial charge on any atom is -0.493 e. The molecule has 1 N–H and O–H groups in total. The van der Waals surface area contributed by atoms with Gasteiger partial charge in [-0.05, 0) is 59.0 Å². The number of rotatable bonds is 6. The van der Waals surface area contributed by atoms with Gasteiger partial charge in [-0.25, -0.2) is 0 Å². The molecule has 2 aromatic rings. The van der Waals surface area contributed by atoms with Gasteiger partial charge in [-0.2, -0.15) is 0 Å². The summed E-state index contributed by atoms with van der Waals surface area (Å²) in [5, 5.41) is 2.83. The number of nitrogens with one attached hydrogen (secondary N) is 1. The first-order valence-electron chi connectivity index (χ1n) is 6.50. The highest BCUT2D eigenvalue weighted by atomic mass is 127. The number of ether oxygens (including phenoxy) is 2. The van der Waals surface area contributed by atoms with Crippen LogP contribution in [0.4, 0.5) is 5.69 Å². The molecule has 0 spiro atoms. The van der Waals surface area contributed by atoms with Crippen molar-refractivity contribution in [2.75, 3.05) is 19.0 Å². The summed E-state index contributed by atoms with van der Waals surface area (Å²) in [4.78, 5) is 11.8. The van der Waals surface area contributed by atoms with Crippen LogP contribution in [0.5, 0.6) is 11.5 Å². The Morgan fingerprint density at radius 1 is 1.10 bits per heavy atom. The molecule has 0 aliphatic rings. The van der Waals surface area contributed by atoms with E-state index < -0.39 is 0 Å². The highest BCUT2D eigenvalue weighted by Crippen LogP contribution is 2.25. The van der Waals surface area contributed by atoms with Crippen LogP contribution in [0.2, 0.25) is 0 Å². The molecule has 0 fully saturated rings. The summed E-state index contributed by atoms with van der Waals surface area (Å²) in [5.74, 6) is 1.23. The predicted octanol–water partition coefficient (Wildman–Crippen LogP) is 3.71. The van der Waals surface area contributed by atoms with Crippen molar-refractivity contribution in [2.24, 2.45) is 0 Å². The zero-order valence-electron chi connectivity index (χ0n) is 11.6. The fraction of sp³-hybridized carbons (Fsp3) is 0.188. The van der Waals surface area contributed by atoms with Crippen LogP contribution in [0.15, 0.2) is 48.5 Å². The van der Waals surface area contributed by atoms with Crippen LogP contribution in [-0.2, 0) is 4.79 Å². The second-order valence-corrected chi connectivity index (χ2v) is 5.55. The molecule has 2 rings (SSSR count). The topological polar surface area (TPSA) is 47.6 Å². The van der Waals surface area contributed by atoms with Gasteiger partial charge in [0.05, 0.1) is 20.1 Å². The van der Waals surface area contributed by atoms with Crippen LogP contribution in [0, 0.1) is 3.57 Å². The van der Waals surface area contributed by atoms with Crippen LogP contribution < -0.4 is 14.8 Å². The second-order valence-electron chi connectivity index (χ2n) is 4.30. The molecule has 0 aliphatic heterocycles. The van der Waals surface area contributed by atoms with Gasteiger partial charge in [0.25, 0.3) is 0 Å². The molecule has 4 nitrogen and oxygen atoms in total.